The number of nitriles is 1. The van der Waals surface area contributed by atoms with Crippen molar-refractivity contribution in [3.8, 4) is 17.2 Å². The van der Waals surface area contributed by atoms with Crippen molar-refractivity contribution in [2.75, 3.05) is 19.6 Å². The minimum absolute atomic E-state index is 0.196. The summed E-state index contributed by atoms with van der Waals surface area (Å²) in [6.07, 6.45) is 1.79. The van der Waals surface area contributed by atoms with E-state index in [1.807, 2.05) is 24.3 Å². The number of carbonyl (C=O) groups excluding carboxylic acids is 1. The number of pyridine rings is 1. The summed E-state index contributed by atoms with van der Waals surface area (Å²) in [5, 5.41) is 36.9. The van der Waals surface area contributed by atoms with Crippen LogP contribution in [0, 0.1) is 22.7 Å². The molecule has 15 heteroatoms. The predicted molar refractivity (Wildman–Crippen MR) is 181 cm³/mol. The number of rotatable bonds is 7. The van der Waals surface area contributed by atoms with E-state index in [0.29, 0.717) is 16.6 Å². The molecule has 0 unspecified atom stereocenters. The van der Waals surface area contributed by atoms with Crippen LogP contribution in [0.3, 0.4) is 0 Å². The number of carbonyl (C=O) groups is 2. The highest BCUT2D eigenvalue weighted by atomic mass is 32.1. The van der Waals surface area contributed by atoms with Crippen LogP contribution in [0.2, 0.25) is 0 Å². The molecule has 2 atom stereocenters. The van der Waals surface area contributed by atoms with E-state index in [0.717, 1.165) is 90.9 Å². The van der Waals surface area contributed by atoms with Crippen LogP contribution in [0.5, 0.6) is 0 Å². The molecule has 1 aliphatic heterocycles. The molecular formula is C35H40F3N7O4S. The monoisotopic (exact) mass is 711 g/mol. The van der Waals surface area contributed by atoms with Gasteiger partial charge in [0.1, 0.15) is 16.4 Å². The number of thiazole rings is 1. The van der Waals surface area contributed by atoms with Gasteiger partial charge in [-0.3, -0.25) is 9.89 Å². The number of aliphatic carboxylic acids is 1. The van der Waals surface area contributed by atoms with Crippen LogP contribution < -0.4 is 5.32 Å². The number of nitrogens with one attached hydrogen (secondary N) is 2. The fourth-order valence-electron chi connectivity index (χ4n) is 6.34. The van der Waals surface area contributed by atoms with Gasteiger partial charge in [-0.1, -0.05) is 56.4 Å². The van der Waals surface area contributed by atoms with Gasteiger partial charge in [0.05, 0.1) is 12.1 Å². The number of fused-ring (bicyclic) bond motifs is 2. The highest BCUT2D eigenvalue weighted by Gasteiger charge is 2.38. The lowest BCUT2D eigenvalue weighted by molar-refractivity contribution is -0.192. The van der Waals surface area contributed by atoms with Gasteiger partial charge < -0.3 is 20.4 Å². The summed E-state index contributed by atoms with van der Waals surface area (Å²) >= 11 is 1.36. The molecule has 11 nitrogen and oxygen atoms in total. The highest BCUT2D eigenvalue weighted by Crippen LogP contribution is 2.38. The van der Waals surface area contributed by atoms with Gasteiger partial charge in [0.2, 0.25) is 0 Å². The number of alkyl halides is 3. The molecule has 1 aliphatic carbocycles. The third-order valence-corrected chi connectivity index (χ3v) is 10.3. The number of aliphatic hydroxyl groups is 1. The SMILES string of the molecule is CC(C)(C)[C@H]1CCc2nc3sc(C(=O)N[C@H](CCN4CCC(O)CC4)c4ccc(-c5c[nH]nc5C#N)cc4)nc3cc2C1.O=C(O)C(F)(F)F. The number of likely N-dealkylation sites (tertiary alicyclic amines) is 1. The zero-order valence-corrected chi connectivity index (χ0v) is 28.9. The Morgan fingerprint density at radius 2 is 1.82 bits per heavy atom. The molecule has 0 saturated carbocycles. The molecule has 0 bridgehead atoms. The number of aromatic amines is 1. The van der Waals surface area contributed by atoms with Crippen molar-refractivity contribution >= 4 is 33.6 Å². The number of aromatic nitrogens is 4. The van der Waals surface area contributed by atoms with E-state index in [2.05, 4.69) is 53.3 Å². The van der Waals surface area contributed by atoms with Crippen molar-refractivity contribution in [3.05, 3.63) is 64.1 Å². The molecule has 0 radical (unpaired) electrons. The molecule has 1 amide bonds. The molecule has 6 rings (SSSR count). The van der Waals surface area contributed by atoms with Crippen LogP contribution in [0.1, 0.15) is 84.8 Å². The van der Waals surface area contributed by atoms with Crippen molar-refractivity contribution in [3.63, 3.8) is 0 Å². The minimum atomic E-state index is -5.08. The predicted octanol–water partition coefficient (Wildman–Crippen LogP) is 6.06. The number of aliphatic hydroxyl groups excluding tert-OH is 1. The fourth-order valence-corrected chi connectivity index (χ4v) is 7.18. The third-order valence-electron chi connectivity index (χ3n) is 9.38. The summed E-state index contributed by atoms with van der Waals surface area (Å²) in [5.41, 5.74) is 6.42. The average Bonchev–Trinajstić information content (AvgIpc) is 3.72. The Morgan fingerprint density at radius 3 is 2.44 bits per heavy atom. The summed E-state index contributed by atoms with van der Waals surface area (Å²) < 4.78 is 31.7. The molecule has 0 spiro atoms. The van der Waals surface area contributed by atoms with Gasteiger partial charge in [-0.25, -0.2) is 14.8 Å². The van der Waals surface area contributed by atoms with Crippen LogP contribution in [0.25, 0.3) is 21.5 Å². The maximum Gasteiger partial charge on any atom is 0.490 e. The maximum absolute atomic E-state index is 13.6. The van der Waals surface area contributed by atoms with Gasteiger partial charge in [-0.05, 0) is 72.6 Å². The lowest BCUT2D eigenvalue weighted by atomic mass is 9.71. The van der Waals surface area contributed by atoms with Crippen molar-refractivity contribution < 1.29 is 33.0 Å². The topological polar surface area (TPSA) is 168 Å². The van der Waals surface area contributed by atoms with Gasteiger partial charge in [0, 0.05) is 37.1 Å². The summed E-state index contributed by atoms with van der Waals surface area (Å²) in [4.78, 5) is 35.4. The van der Waals surface area contributed by atoms with Crippen molar-refractivity contribution in [1.82, 2.24) is 30.4 Å². The van der Waals surface area contributed by atoms with E-state index in [-0.39, 0.29) is 23.5 Å². The van der Waals surface area contributed by atoms with E-state index < -0.39 is 12.1 Å². The van der Waals surface area contributed by atoms with Gasteiger partial charge in [0.25, 0.3) is 5.91 Å². The number of piperidine rings is 1. The van der Waals surface area contributed by atoms with Crippen LogP contribution in [0.4, 0.5) is 13.2 Å². The number of nitrogens with zero attached hydrogens (tertiary/aromatic N) is 5. The quantitative estimate of drug-likeness (QED) is 0.178. The van der Waals surface area contributed by atoms with Crippen LogP contribution >= 0.6 is 11.3 Å². The first kappa shape index (κ1) is 36.9. The lowest BCUT2D eigenvalue weighted by Gasteiger charge is -2.34. The number of hydrogen-bond donors (Lipinski definition) is 4. The summed E-state index contributed by atoms with van der Waals surface area (Å²) in [7, 11) is 0. The second kappa shape index (κ2) is 15.2. The molecule has 2 aliphatic rings. The Bertz CT molecular complexity index is 1850. The first-order chi connectivity index (χ1) is 23.6. The van der Waals surface area contributed by atoms with Gasteiger partial charge >= 0.3 is 12.1 Å². The molecule has 4 N–H and O–H groups in total. The molecule has 4 aromatic rings. The van der Waals surface area contributed by atoms with E-state index in [1.54, 1.807) is 6.20 Å². The standard InChI is InChI=1S/C33H39N7O2S.C2HF3O2/c1-33(2,3)23-8-9-26-22(16-23)17-28-31(37-26)43-32(38-28)30(42)36-27(12-15-40-13-10-24(41)11-14-40)21-6-4-20(5-7-21)25-19-35-39-29(25)18-34;3-2(4,5)1(6)7/h4-7,17,19,23-24,27,41H,8-16H2,1-3H3,(H,35,39)(H,36,42);(H,6,7)/t23-,27+;/m0./s1. The summed E-state index contributed by atoms with van der Waals surface area (Å²) in [6.45, 7) is 9.42. The van der Waals surface area contributed by atoms with E-state index in [4.69, 9.17) is 19.9 Å². The normalized spacial score (nSPS) is 17.7. The fraction of sp³-hybridized carbons (Fsp3) is 0.486. The van der Waals surface area contributed by atoms with Crippen molar-refractivity contribution in [1.29, 1.82) is 5.26 Å². The summed E-state index contributed by atoms with van der Waals surface area (Å²) in [6, 6.07) is 12.0. The minimum Gasteiger partial charge on any atom is -0.475 e. The van der Waals surface area contributed by atoms with E-state index >= 15 is 0 Å². The Morgan fingerprint density at radius 1 is 1.14 bits per heavy atom. The zero-order chi connectivity index (χ0) is 36.2. The Kier molecular flexibility index (Phi) is 11.2. The van der Waals surface area contributed by atoms with Gasteiger partial charge in [-0.15, -0.1) is 0 Å². The lowest BCUT2D eigenvalue weighted by Crippen LogP contribution is -2.38. The van der Waals surface area contributed by atoms with Crippen LogP contribution in [0.15, 0.2) is 36.5 Å². The number of H-pyrrole nitrogens is 1. The molecule has 3 aromatic heterocycles. The molecule has 1 saturated heterocycles. The van der Waals surface area contributed by atoms with Crippen LogP contribution in [-0.2, 0) is 17.6 Å². The van der Waals surface area contributed by atoms with E-state index in [1.165, 1.54) is 16.9 Å². The van der Waals surface area contributed by atoms with Gasteiger partial charge in [0.15, 0.2) is 10.7 Å². The Hall–Kier alpha value is -4.39. The second-order valence-electron chi connectivity index (χ2n) is 13.8. The number of carboxylic acid groups (broad SMARTS) is 1. The maximum atomic E-state index is 13.6. The molecule has 266 valence electrons. The second-order valence-corrected chi connectivity index (χ2v) is 14.8. The largest absolute Gasteiger partial charge is 0.490 e. The third kappa shape index (κ3) is 9.04. The first-order valence-corrected chi connectivity index (χ1v) is 17.3. The zero-order valence-electron chi connectivity index (χ0n) is 28.0. The van der Waals surface area contributed by atoms with Gasteiger partial charge in [-0.2, -0.15) is 23.5 Å². The molecule has 4 heterocycles. The molecule has 1 aromatic carbocycles. The molecule has 50 heavy (non-hydrogen) atoms. The Balaban J connectivity index is 0.000000630. The van der Waals surface area contributed by atoms with Crippen molar-refractivity contribution in [2.45, 2.75) is 77.6 Å². The van der Waals surface area contributed by atoms with Crippen LogP contribution in [-0.4, -0.2) is 79.1 Å². The number of benzene rings is 1. The number of aryl methyl sites for hydroxylation is 1. The molecule has 1 fully saturated rings. The first-order valence-electron chi connectivity index (χ1n) is 16.5. The summed E-state index contributed by atoms with van der Waals surface area (Å²) in [5.74, 6) is -2.35. The smallest absolute Gasteiger partial charge is 0.475 e. The number of halogens is 3. The highest BCUT2D eigenvalue weighted by molar-refractivity contribution is 7.19. The number of hydrogen-bond acceptors (Lipinski definition) is 9. The number of amides is 1. The van der Waals surface area contributed by atoms with Crippen molar-refractivity contribution in [2.24, 2.45) is 11.3 Å². The van der Waals surface area contributed by atoms with E-state index in [9.17, 15) is 28.3 Å². The Labute approximate surface area is 291 Å². The molecular weight excluding hydrogens is 671 g/mol. The average molecular weight is 712 g/mol. The number of carboxylic acids is 1.